The molecule has 4 rings (SSSR count). The Morgan fingerprint density at radius 2 is 2.19 bits per heavy atom. The molecule has 0 unspecified atom stereocenters. The fourth-order valence-corrected chi connectivity index (χ4v) is 4.00. The number of amides is 1. The zero-order chi connectivity index (χ0) is 18.4. The third-order valence-corrected chi connectivity index (χ3v) is 5.16. The molecule has 6 heteroatoms. The van der Waals surface area contributed by atoms with Crippen molar-refractivity contribution in [2.45, 2.75) is 46.2 Å². The lowest BCUT2D eigenvalue weighted by Crippen LogP contribution is -2.21. The summed E-state index contributed by atoms with van der Waals surface area (Å²) in [7, 11) is 0. The van der Waals surface area contributed by atoms with Crippen molar-refractivity contribution in [1.29, 1.82) is 0 Å². The fourth-order valence-electron chi connectivity index (χ4n) is 4.00. The molecule has 1 aliphatic rings. The van der Waals surface area contributed by atoms with Gasteiger partial charge in [-0.3, -0.25) is 9.48 Å². The summed E-state index contributed by atoms with van der Waals surface area (Å²) < 4.78 is 4.07. The Kier molecular flexibility index (Phi) is 3.90. The third kappa shape index (κ3) is 2.53. The summed E-state index contributed by atoms with van der Waals surface area (Å²) in [6.45, 7) is 11.1. The van der Waals surface area contributed by atoms with Gasteiger partial charge in [-0.05, 0) is 38.5 Å². The van der Waals surface area contributed by atoms with E-state index in [-0.39, 0.29) is 11.8 Å². The van der Waals surface area contributed by atoms with Gasteiger partial charge < -0.3 is 9.72 Å². The van der Waals surface area contributed by atoms with E-state index in [0.717, 1.165) is 34.0 Å². The van der Waals surface area contributed by atoms with E-state index in [1.165, 1.54) is 5.56 Å². The predicted molar refractivity (Wildman–Crippen MR) is 100 cm³/mol. The minimum atomic E-state index is -0.0660. The van der Waals surface area contributed by atoms with Crippen molar-refractivity contribution in [2.24, 2.45) is 0 Å². The molecule has 0 aromatic carbocycles. The Morgan fingerprint density at radius 3 is 2.96 bits per heavy atom. The summed E-state index contributed by atoms with van der Waals surface area (Å²) in [4.78, 5) is 17.2. The predicted octanol–water partition coefficient (Wildman–Crippen LogP) is 2.79. The molecule has 1 N–H and O–H groups in total. The van der Waals surface area contributed by atoms with Gasteiger partial charge in [0.1, 0.15) is 5.65 Å². The van der Waals surface area contributed by atoms with Crippen LogP contribution in [0.1, 0.15) is 46.2 Å². The van der Waals surface area contributed by atoms with Crippen LogP contribution in [0.5, 0.6) is 0 Å². The molecule has 0 saturated carbocycles. The Balaban J connectivity index is 1.96. The molecule has 1 amide bonds. The first kappa shape index (κ1) is 16.6. The standard InChI is InChI=1S/C20H23N5O/c1-5-7-25-14(4)19(13(3)23-25)15-10-18(26)21-11-16-20(15)24-8-6-12(2)9-17(24)22-16/h5-6,8-9,15H,1,7,10-11H2,2-4H3,(H,21,26)/t15-/m0/s1. The van der Waals surface area contributed by atoms with Gasteiger partial charge in [0.25, 0.3) is 0 Å². The van der Waals surface area contributed by atoms with Crippen molar-refractivity contribution in [1.82, 2.24) is 24.5 Å². The number of carbonyl (C=O) groups is 1. The summed E-state index contributed by atoms with van der Waals surface area (Å²) in [6.07, 6.45) is 4.29. The molecule has 0 bridgehead atoms. The number of nitrogens with one attached hydrogen (secondary N) is 1. The van der Waals surface area contributed by atoms with Crippen molar-refractivity contribution >= 4 is 11.6 Å². The van der Waals surface area contributed by atoms with Crippen molar-refractivity contribution < 1.29 is 4.79 Å². The number of hydrogen-bond acceptors (Lipinski definition) is 3. The van der Waals surface area contributed by atoms with E-state index in [2.05, 4.69) is 53.6 Å². The molecule has 4 heterocycles. The molecular formula is C20H23N5O. The molecule has 6 nitrogen and oxygen atoms in total. The first-order valence-corrected chi connectivity index (χ1v) is 8.88. The van der Waals surface area contributed by atoms with E-state index >= 15 is 0 Å². The monoisotopic (exact) mass is 349 g/mol. The summed E-state index contributed by atoms with van der Waals surface area (Å²) in [6, 6.07) is 4.15. The number of carbonyl (C=O) groups excluding carboxylic acids is 1. The van der Waals surface area contributed by atoms with Crippen molar-refractivity contribution in [2.75, 3.05) is 0 Å². The SMILES string of the molecule is C=CCn1nc(C)c([C@@H]2CC(=O)NCc3nc4cc(C)ccn4c32)c1C. The molecule has 3 aromatic heterocycles. The first-order chi connectivity index (χ1) is 12.5. The molecule has 1 aliphatic heterocycles. The van der Waals surface area contributed by atoms with Crippen LogP contribution in [0, 0.1) is 20.8 Å². The maximum absolute atomic E-state index is 12.4. The largest absolute Gasteiger partial charge is 0.350 e. The second-order valence-corrected chi connectivity index (χ2v) is 6.96. The molecule has 0 saturated heterocycles. The molecule has 3 aromatic rings. The van der Waals surface area contributed by atoms with Crippen LogP contribution in [0.4, 0.5) is 0 Å². The lowest BCUT2D eigenvalue weighted by molar-refractivity contribution is -0.121. The molecule has 134 valence electrons. The summed E-state index contributed by atoms with van der Waals surface area (Å²) in [5.41, 5.74) is 7.26. The van der Waals surface area contributed by atoms with Crippen LogP contribution in [-0.2, 0) is 17.9 Å². The molecule has 0 radical (unpaired) electrons. The highest BCUT2D eigenvalue weighted by Crippen LogP contribution is 2.36. The van der Waals surface area contributed by atoms with Gasteiger partial charge >= 0.3 is 0 Å². The lowest BCUT2D eigenvalue weighted by Gasteiger charge is -2.16. The van der Waals surface area contributed by atoms with Crippen LogP contribution in [0.15, 0.2) is 31.0 Å². The number of aromatic nitrogens is 4. The zero-order valence-electron chi connectivity index (χ0n) is 15.4. The highest BCUT2D eigenvalue weighted by Gasteiger charge is 2.32. The van der Waals surface area contributed by atoms with E-state index in [1.807, 2.05) is 17.7 Å². The molecule has 0 fully saturated rings. The lowest BCUT2D eigenvalue weighted by atomic mass is 9.90. The van der Waals surface area contributed by atoms with Crippen LogP contribution in [0.3, 0.4) is 0 Å². The second kappa shape index (κ2) is 6.12. The number of pyridine rings is 1. The number of hydrogen-bond donors (Lipinski definition) is 1. The van der Waals surface area contributed by atoms with E-state index in [4.69, 9.17) is 4.98 Å². The topological polar surface area (TPSA) is 64.2 Å². The van der Waals surface area contributed by atoms with Gasteiger partial charge in [-0.1, -0.05) is 6.08 Å². The smallest absolute Gasteiger partial charge is 0.221 e. The number of fused-ring (bicyclic) bond motifs is 3. The first-order valence-electron chi connectivity index (χ1n) is 8.88. The Morgan fingerprint density at radius 1 is 1.38 bits per heavy atom. The maximum atomic E-state index is 12.4. The Labute approximate surface area is 152 Å². The molecule has 0 spiro atoms. The van der Waals surface area contributed by atoms with Gasteiger partial charge in [-0.25, -0.2) is 4.98 Å². The van der Waals surface area contributed by atoms with Crippen LogP contribution in [0.25, 0.3) is 5.65 Å². The van der Waals surface area contributed by atoms with E-state index in [9.17, 15) is 4.79 Å². The minimum absolute atomic E-state index is 0.0455. The Bertz CT molecular complexity index is 1030. The summed E-state index contributed by atoms with van der Waals surface area (Å²) >= 11 is 0. The maximum Gasteiger partial charge on any atom is 0.221 e. The molecular weight excluding hydrogens is 326 g/mol. The molecule has 0 aliphatic carbocycles. The number of nitrogens with zero attached hydrogens (tertiary/aromatic N) is 4. The number of aryl methyl sites for hydroxylation is 2. The highest BCUT2D eigenvalue weighted by atomic mass is 16.1. The quantitative estimate of drug-likeness (QED) is 0.740. The van der Waals surface area contributed by atoms with Crippen LogP contribution >= 0.6 is 0 Å². The van der Waals surface area contributed by atoms with E-state index < -0.39 is 0 Å². The zero-order valence-corrected chi connectivity index (χ0v) is 15.4. The normalized spacial score (nSPS) is 17.0. The summed E-state index contributed by atoms with van der Waals surface area (Å²) in [5, 5.41) is 7.66. The van der Waals surface area contributed by atoms with Crippen LogP contribution < -0.4 is 5.32 Å². The van der Waals surface area contributed by atoms with Crippen LogP contribution in [-0.4, -0.2) is 25.1 Å². The van der Waals surface area contributed by atoms with Crippen molar-refractivity contribution in [3.8, 4) is 0 Å². The van der Waals surface area contributed by atoms with Gasteiger partial charge in [-0.15, -0.1) is 6.58 Å². The minimum Gasteiger partial charge on any atom is -0.350 e. The Hall–Kier alpha value is -2.89. The van der Waals surface area contributed by atoms with Gasteiger partial charge in [0.15, 0.2) is 0 Å². The molecule has 1 atom stereocenters. The number of rotatable bonds is 3. The molecule has 26 heavy (non-hydrogen) atoms. The van der Waals surface area contributed by atoms with E-state index in [1.54, 1.807) is 0 Å². The van der Waals surface area contributed by atoms with Crippen molar-refractivity contribution in [3.63, 3.8) is 0 Å². The van der Waals surface area contributed by atoms with Gasteiger partial charge in [0.05, 0.1) is 30.2 Å². The highest BCUT2D eigenvalue weighted by molar-refractivity contribution is 5.78. The van der Waals surface area contributed by atoms with Gasteiger partial charge in [0.2, 0.25) is 5.91 Å². The van der Waals surface area contributed by atoms with Crippen molar-refractivity contribution in [3.05, 3.63) is 64.9 Å². The van der Waals surface area contributed by atoms with Gasteiger partial charge in [0, 0.05) is 29.8 Å². The van der Waals surface area contributed by atoms with Gasteiger partial charge in [-0.2, -0.15) is 5.10 Å². The van der Waals surface area contributed by atoms with Crippen LogP contribution in [0.2, 0.25) is 0 Å². The second-order valence-electron chi connectivity index (χ2n) is 6.96. The third-order valence-electron chi connectivity index (χ3n) is 5.16. The number of imidazole rings is 1. The average molecular weight is 349 g/mol. The number of allylic oxidation sites excluding steroid dienone is 1. The fraction of sp³-hybridized carbons (Fsp3) is 0.350. The van der Waals surface area contributed by atoms with E-state index in [0.29, 0.717) is 19.5 Å². The average Bonchev–Trinajstić information content (AvgIpc) is 3.03. The summed E-state index contributed by atoms with van der Waals surface area (Å²) in [5.74, 6) is -0.0205.